The van der Waals surface area contributed by atoms with Crippen molar-refractivity contribution in [1.29, 1.82) is 0 Å². The number of aromatic nitrogens is 1. The number of hydrogen-bond donors (Lipinski definition) is 2. The van der Waals surface area contributed by atoms with E-state index in [9.17, 15) is 23.5 Å². The van der Waals surface area contributed by atoms with E-state index in [1.165, 1.54) is 6.07 Å². The number of aliphatic carboxylic acids is 1. The maximum atomic E-state index is 14.5. The molecule has 0 spiro atoms. The molecule has 0 radical (unpaired) electrons. The number of para-hydroxylation sites is 1. The van der Waals surface area contributed by atoms with Gasteiger partial charge in [0.2, 0.25) is 0 Å². The number of carbonyl (C=O) groups is 2. The van der Waals surface area contributed by atoms with Gasteiger partial charge in [0.05, 0.1) is 22.2 Å². The predicted molar refractivity (Wildman–Crippen MR) is 159 cm³/mol. The highest BCUT2D eigenvalue weighted by molar-refractivity contribution is 9.10. The van der Waals surface area contributed by atoms with Crippen LogP contribution in [0.3, 0.4) is 0 Å². The number of alkyl halides is 2. The van der Waals surface area contributed by atoms with Gasteiger partial charge in [-0.25, -0.2) is 4.98 Å². The van der Waals surface area contributed by atoms with Gasteiger partial charge in [0.15, 0.2) is 0 Å². The molecule has 3 saturated carbocycles. The summed E-state index contributed by atoms with van der Waals surface area (Å²) in [6.07, 6.45) is 1.77. The van der Waals surface area contributed by atoms with E-state index < -0.39 is 29.5 Å². The van der Waals surface area contributed by atoms with Crippen molar-refractivity contribution in [2.75, 3.05) is 0 Å². The summed E-state index contributed by atoms with van der Waals surface area (Å²) in [6, 6.07) is 21.8. The molecule has 0 saturated heterocycles. The Hall–Kier alpha value is -3.85. The van der Waals surface area contributed by atoms with Crippen molar-refractivity contribution >= 4 is 38.7 Å². The first-order valence-electron chi connectivity index (χ1n) is 13.9. The highest BCUT2D eigenvalue weighted by Crippen LogP contribution is 2.60. The fraction of sp³-hybridized carbons (Fsp3) is 0.303. The topological polar surface area (TPSA) is 88.5 Å². The lowest BCUT2D eigenvalue weighted by molar-refractivity contribution is -0.157. The minimum Gasteiger partial charge on any atom is -0.481 e. The number of nitrogens with one attached hydrogen (secondary N) is 1. The molecule has 6 nitrogen and oxygen atoms in total. The van der Waals surface area contributed by atoms with E-state index in [0.717, 1.165) is 10.0 Å². The number of amides is 1. The summed E-state index contributed by atoms with van der Waals surface area (Å²) in [4.78, 5) is 31.8. The van der Waals surface area contributed by atoms with Crippen LogP contribution < -0.4 is 10.1 Å². The minimum atomic E-state index is -3.04. The van der Waals surface area contributed by atoms with Gasteiger partial charge in [-0.2, -0.15) is 8.78 Å². The summed E-state index contributed by atoms with van der Waals surface area (Å²) in [5.74, 6) is -1.74. The Labute approximate surface area is 250 Å². The zero-order valence-corrected chi connectivity index (χ0v) is 24.5. The lowest BCUT2D eigenvalue weighted by Gasteiger charge is -2.56. The molecule has 9 heteroatoms. The molecule has 216 valence electrons. The molecular weight excluding hydrogens is 606 g/mol. The van der Waals surface area contributed by atoms with Crippen LogP contribution in [0.4, 0.5) is 8.78 Å². The van der Waals surface area contributed by atoms with Crippen molar-refractivity contribution in [2.45, 2.75) is 57.1 Å². The Kier molecular flexibility index (Phi) is 7.25. The van der Waals surface area contributed by atoms with Gasteiger partial charge in [0.25, 0.3) is 5.91 Å². The van der Waals surface area contributed by atoms with Gasteiger partial charge in [-0.1, -0.05) is 64.5 Å². The molecule has 2 bridgehead atoms. The third-order valence-electron chi connectivity index (χ3n) is 9.15. The van der Waals surface area contributed by atoms with Gasteiger partial charge in [-0.15, -0.1) is 0 Å². The van der Waals surface area contributed by atoms with E-state index >= 15 is 0 Å². The number of carboxylic acids is 1. The highest BCUT2D eigenvalue weighted by atomic mass is 79.9. The smallest absolute Gasteiger partial charge is 0.387 e. The summed E-state index contributed by atoms with van der Waals surface area (Å²) >= 11 is 3.53. The molecule has 0 unspecified atom stereocenters. The van der Waals surface area contributed by atoms with Crippen molar-refractivity contribution in [1.82, 2.24) is 10.3 Å². The second-order valence-corrected chi connectivity index (χ2v) is 12.3. The molecule has 7 rings (SSSR count). The number of rotatable bonds is 7. The molecule has 0 aliphatic heterocycles. The fourth-order valence-corrected chi connectivity index (χ4v) is 7.36. The minimum absolute atomic E-state index is 0.0000450. The maximum absolute atomic E-state index is 14.5. The Morgan fingerprint density at radius 3 is 2.40 bits per heavy atom. The predicted octanol–water partition coefficient (Wildman–Crippen LogP) is 7.88. The van der Waals surface area contributed by atoms with Gasteiger partial charge >= 0.3 is 12.6 Å². The molecule has 3 aromatic carbocycles. The number of pyridine rings is 1. The Morgan fingerprint density at radius 2 is 1.71 bits per heavy atom. The second kappa shape index (κ2) is 10.8. The summed E-state index contributed by atoms with van der Waals surface area (Å²) in [6.45, 7) is -1.16. The van der Waals surface area contributed by atoms with Gasteiger partial charge in [-0.3, -0.25) is 9.59 Å². The van der Waals surface area contributed by atoms with Crippen LogP contribution in [0.1, 0.15) is 59.5 Å². The van der Waals surface area contributed by atoms with Crippen LogP contribution in [-0.2, 0) is 4.79 Å². The average molecular weight is 636 g/mol. The zero-order chi connectivity index (χ0) is 29.6. The van der Waals surface area contributed by atoms with E-state index in [0.29, 0.717) is 59.0 Å². The normalized spacial score (nSPS) is 23.2. The molecule has 1 aromatic heterocycles. The van der Waals surface area contributed by atoms with Crippen LogP contribution in [-0.4, -0.2) is 34.1 Å². The number of halogens is 3. The van der Waals surface area contributed by atoms with Crippen LogP contribution in [0.15, 0.2) is 77.3 Å². The lowest BCUT2D eigenvalue weighted by atomic mass is 9.51. The number of ether oxygens (including phenoxy) is 1. The third kappa shape index (κ3) is 4.83. The van der Waals surface area contributed by atoms with Crippen LogP contribution in [0.25, 0.3) is 22.2 Å². The van der Waals surface area contributed by atoms with E-state index in [-0.39, 0.29) is 18.1 Å². The first-order chi connectivity index (χ1) is 20.1. The molecule has 42 heavy (non-hydrogen) atoms. The SMILES string of the molecule is Cc1c(-c2ccccc2)nc2ccc(Br)cc2c1C(=O)NC12CCC(C(=O)O)(CC1)C[C@H]2c1ccccc1OC(F)F. The zero-order valence-electron chi connectivity index (χ0n) is 22.9. The van der Waals surface area contributed by atoms with E-state index in [1.807, 2.05) is 55.5 Å². The number of nitrogens with zero attached hydrogens (tertiary/aromatic N) is 1. The molecule has 3 fully saturated rings. The molecule has 1 heterocycles. The van der Waals surface area contributed by atoms with Gasteiger partial charge in [0.1, 0.15) is 5.75 Å². The Morgan fingerprint density at radius 1 is 1.02 bits per heavy atom. The number of hydrogen-bond acceptors (Lipinski definition) is 4. The molecule has 3 aliphatic carbocycles. The largest absolute Gasteiger partial charge is 0.481 e. The third-order valence-corrected chi connectivity index (χ3v) is 9.65. The summed E-state index contributed by atoms with van der Waals surface area (Å²) in [5.41, 5.74) is 2.07. The molecule has 4 aromatic rings. The molecular formula is C33H29BrF2N2O4. The Bertz CT molecular complexity index is 1690. The lowest BCUT2D eigenvalue weighted by Crippen LogP contribution is -2.62. The molecule has 1 amide bonds. The van der Waals surface area contributed by atoms with Crippen LogP contribution in [0.2, 0.25) is 0 Å². The summed E-state index contributed by atoms with van der Waals surface area (Å²) in [5, 5.41) is 14.2. The van der Waals surface area contributed by atoms with Gasteiger partial charge < -0.3 is 15.2 Å². The van der Waals surface area contributed by atoms with Crippen LogP contribution >= 0.6 is 15.9 Å². The van der Waals surface area contributed by atoms with Gasteiger partial charge in [-0.05, 0) is 74.4 Å². The maximum Gasteiger partial charge on any atom is 0.387 e. The quantitative estimate of drug-likeness (QED) is 0.216. The van der Waals surface area contributed by atoms with Crippen molar-refractivity contribution in [2.24, 2.45) is 5.41 Å². The Balaban J connectivity index is 1.47. The van der Waals surface area contributed by atoms with Crippen LogP contribution in [0.5, 0.6) is 5.75 Å². The first kappa shape index (κ1) is 28.3. The van der Waals surface area contributed by atoms with E-state index in [2.05, 4.69) is 21.2 Å². The van der Waals surface area contributed by atoms with Crippen molar-refractivity contribution in [3.8, 4) is 17.0 Å². The molecule has 3 aliphatic rings. The molecule has 2 N–H and O–H groups in total. The van der Waals surface area contributed by atoms with Crippen molar-refractivity contribution in [3.63, 3.8) is 0 Å². The van der Waals surface area contributed by atoms with Crippen LogP contribution in [0, 0.1) is 12.3 Å². The number of benzene rings is 3. The highest BCUT2D eigenvalue weighted by Gasteiger charge is 2.59. The summed E-state index contributed by atoms with van der Waals surface area (Å²) < 4.78 is 32.5. The fourth-order valence-electron chi connectivity index (χ4n) is 6.99. The van der Waals surface area contributed by atoms with E-state index in [4.69, 9.17) is 9.72 Å². The van der Waals surface area contributed by atoms with Crippen molar-refractivity contribution < 1.29 is 28.2 Å². The number of carboxylic acid groups (broad SMARTS) is 1. The number of carbonyl (C=O) groups excluding carboxylic acids is 1. The first-order valence-corrected chi connectivity index (χ1v) is 14.7. The standard InChI is InChI=1S/C33H29BrF2N2O4/c1-19-27(23-17-21(34)11-12-25(23)37-28(19)20-7-3-2-4-8-20)29(39)38-33-15-13-32(14-16-33,30(40)41)18-24(33)22-9-5-6-10-26(22)42-31(35)36/h2-12,17,24,31H,13-16,18H2,1H3,(H,38,39)(H,40,41)/t24-,32?,33?/m0/s1. The van der Waals surface area contributed by atoms with E-state index in [1.54, 1.807) is 18.2 Å². The summed E-state index contributed by atoms with van der Waals surface area (Å²) in [7, 11) is 0. The second-order valence-electron chi connectivity index (χ2n) is 11.4. The average Bonchev–Trinajstić information content (AvgIpc) is 2.97. The van der Waals surface area contributed by atoms with Crippen molar-refractivity contribution in [3.05, 3.63) is 94.0 Å². The monoisotopic (exact) mass is 634 g/mol. The number of fused-ring (bicyclic) bond motifs is 4. The van der Waals surface area contributed by atoms with Gasteiger partial charge in [0, 0.05) is 26.9 Å². The molecule has 1 atom stereocenters.